The summed E-state index contributed by atoms with van der Waals surface area (Å²) in [5, 5.41) is 0. The van der Waals surface area contributed by atoms with Crippen LogP contribution in [-0.4, -0.2) is 75.8 Å². The van der Waals surface area contributed by atoms with Crippen LogP contribution in [0.25, 0.3) is 0 Å². The number of nitrogen functional groups attached to an aromatic ring is 1. The molecule has 9 nitrogen and oxygen atoms in total. The Kier molecular flexibility index (Phi) is 8.32. The maximum absolute atomic E-state index is 5.58. The summed E-state index contributed by atoms with van der Waals surface area (Å²) in [6, 6.07) is 0.186. The highest BCUT2D eigenvalue weighted by Crippen LogP contribution is 2.10. The molecule has 0 atom stereocenters. The van der Waals surface area contributed by atoms with E-state index >= 15 is 0 Å². The largest absolute Gasteiger partial charge is 0.461 e. The van der Waals surface area contributed by atoms with Crippen LogP contribution in [0.1, 0.15) is 0 Å². The molecule has 0 aliphatic carbocycles. The highest BCUT2D eigenvalue weighted by Gasteiger charge is 2.06. The van der Waals surface area contributed by atoms with Crippen molar-refractivity contribution in [2.24, 2.45) is 0 Å². The lowest BCUT2D eigenvalue weighted by Gasteiger charge is -2.11. The molecule has 120 valence electrons. The first-order valence-electron chi connectivity index (χ1n) is 6.59. The van der Waals surface area contributed by atoms with Gasteiger partial charge in [-0.25, -0.2) is 0 Å². The van der Waals surface area contributed by atoms with Gasteiger partial charge in [-0.05, 0) is 0 Å². The standard InChI is InChI=1S/C12H23N5O4/c1-17(2)11-14-10(13)15-12(16-11)21-9-8-20-7-6-19-5-4-18-3/h4-9H2,1-3H3,(H2,13,14,15,16). The van der Waals surface area contributed by atoms with Crippen molar-refractivity contribution in [3.05, 3.63) is 0 Å². The molecule has 1 rings (SSSR count). The minimum atomic E-state index is 0.121. The smallest absolute Gasteiger partial charge is 0.323 e. The fraction of sp³-hybridized carbons (Fsp3) is 0.750. The average Bonchev–Trinajstić information content (AvgIpc) is 2.45. The van der Waals surface area contributed by atoms with Crippen molar-refractivity contribution in [2.45, 2.75) is 0 Å². The van der Waals surface area contributed by atoms with Gasteiger partial charge in [0, 0.05) is 21.2 Å². The number of hydrogen-bond acceptors (Lipinski definition) is 9. The fourth-order valence-electron chi connectivity index (χ4n) is 1.28. The number of nitrogens with zero attached hydrogens (tertiary/aromatic N) is 4. The lowest BCUT2D eigenvalue weighted by molar-refractivity contribution is 0.0173. The van der Waals surface area contributed by atoms with Crippen molar-refractivity contribution < 1.29 is 18.9 Å². The average molecular weight is 301 g/mol. The zero-order chi connectivity index (χ0) is 15.5. The van der Waals surface area contributed by atoms with Gasteiger partial charge in [0.1, 0.15) is 6.61 Å². The van der Waals surface area contributed by atoms with Gasteiger partial charge in [0.15, 0.2) is 0 Å². The highest BCUT2D eigenvalue weighted by molar-refractivity contribution is 5.33. The van der Waals surface area contributed by atoms with E-state index in [4.69, 9.17) is 24.7 Å². The van der Waals surface area contributed by atoms with E-state index in [0.29, 0.717) is 45.6 Å². The topological polar surface area (TPSA) is 105 Å². The molecular weight excluding hydrogens is 278 g/mol. The summed E-state index contributed by atoms with van der Waals surface area (Å²) in [6.45, 7) is 2.90. The number of methoxy groups -OCH3 is 1. The minimum absolute atomic E-state index is 0.121. The van der Waals surface area contributed by atoms with Crippen LogP contribution in [0.3, 0.4) is 0 Å². The molecule has 2 N–H and O–H groups in total. The van der Waals surface area contributed by atoms with Gasteiger partial charge in [-0.2, -0.15) is 15.0 Å². The summed E-state index contributed by atoms with van der Waals surface area (Å²) in [5.41, 5.74) is 5.58. The maximum Gasteiger partial charge on any atom is 0.323 e. The number of rotatable bonds is 11. The molecule has 0 unspecified atom stereocenters. The molecule has 0 saturated heterocycles. The fourth-order valence-corrected chi connectivity index (χ4v) is 1.28. The summed E-state index contributed by atoms with van der Waals surface area (Å²) in [5.74, 6) is 0.570. The number of nitrogens with two attached hydrogens (primary N) is 1. The molecule has 1 heterocycles. The lowest BCUT2D eigenvalue weighted by Crippen LogP contribution is -2.17. The van der Waals surface area contributed by atoms with Gasteiger partial charge in [-0.1, -0.05) is 0 Å². The van der Waals surface area contributed by atoms with Crippen molar-refractivity contribution >= 4 is 11.9 Å². The van der Waals surface area contributed by atoms with E-state index in [1.54, 1.807) is 12.0 Å². The Labute approximate surface area is 124 Å². The summed E-state index contributed by atoms with van der Waals surface area (Å²) in [4.78, 5) is 13.7. The van der Waals surface area contributed by atoms with Gasteiger partial charge in [-0.3, -0.25) is 0 Å². The maximum atomic E-state index is 5.58. The third-order valence-electron chi connectivity index (χ3n) is 2.28. The Morgan fingerprint density at radius 1 is 0.905 bits per heavy atom. The predicted octanol–water partition coefficient (Wildman–Crippen LogP) is -0.422. The third-order valence-corrected chi connectivity index (χ3v) is 2.28. The SMILES string of the molecule is COCCOCCOCCOc1nc(N)nc(N(C)C)n1. The van der Waals surface area contributed by atoms with E-state index in [0.717, 1.165) is 0 Å². The highest BCUT2D eigenvalue weighted by atomic mass is 16.6. The number of anilines is 2. The van der Waals surface area contributed by atoms with E-state index in [9.17, 15) is 0 Å². The van der Waals surface area contributed by atoms with Crippen molar-refractivity contribution in [3.63, 3.8) is 0 Å². The number of aromatic nitrogens is 3. The second-order valence-corrected chi connectivity index (χ2v) is 4.24. The Hall–Kier alpha value is -1.71. The summed E-state index contributed by atoms with van der Waals surface area (Å²) < 4.78 is 20.8. The number of hydrogen-bond donors (Lipinski definition) is 1. The first-order chi connectivity index (χ1) is 10.1. The van der Waals surface area contributed by atoms with Gasteiger partial charge in [0.25, 0.3) is 0 Å². The summed E-state index contributed by atoms with van der Waals surface area (Å²) in [7, 11) is 5.25. The van der Waals surface area contributed by atoms with Crippen LogP contribution in [0.15, 0.2) is 0 Å². The molecular formula is C12H23N5O4. The van der Waals surface area contributed by atoms with Crippen molar-refractivity contribution in [3.8, 4) is 6.01 Å². The molecule has 9 heteroatoms. The van der Waals surface area contributed by atoms with E-state index in [1.165, 1.54) is 0 Å². The van der Waals surface area contributed by atoms with Crippen LogP contribution in [0.2, 0.25) is 0 Å². The molecule has 0 spiro atoms. The van der Waals surface area contributed by atoms with Crippen LogP contribution < -0.4 is 15.4 Å². The molecule has 1 aromatic heterocycles. The van der Waals surface area contributed by atoms with Crippen molar-refractivity contribution in [2.75, 3.05) is 71.5 Å². The summed E-state index contributed by atoms with van der Waals surface area (Å²) >= 11 is 0. The molecule has 1 aromatic rings. The predicted molar refractivity (Wildman–Crippen MR) is 77.6 cm³/mol. The zero-order valence-corrected chi connectivity index (χ0v) is 12.7. The van der Waals surface area contributed by atoms with Crippen LogP contribution in [0.4, 0.5) is 11.9 Å². The van der Waals surface area contributed by atoms with Crippen LogP contribution in [-0.2, 0) is 14.2 Å². The second kappa shape index (κ2) is 10.1. The van der Waals surface area contributed by atoms with Crippen molar-refractivity contribution in [1.82, 2.24) is 15.0 Å². The van der Waals surface area contributed by atoms with Crippen LogP contribution in [0, 0.1) is 0 Å². The van der Waals surface area contributed by atoms with E-state index in [-0.39, 0.29) is 12.0 Å². The first-order valence-corrected chi connectivity index (χ1v) is 6.59. The normalized spacial score (nSPS) is 10.6. The Bertz CT molecular complexity index is 405. The molecule has 0 fully saturated rings. The molecule has 0 amide bonds. The van der Waals surface area contributed by atoms with Crippen LogP contribution in [0.5, 0.6) is 6.01 Å². The quantitative estimate of drug-likeness (QED) is 0.545. The van der Waals surface area contributed by atoms with Gasteiger partial charge >= 0.3 is 6.01 Å². The Morgan fingerprint density at radius 3 is 2.14 bits per heavy atom. The second-order valence-electron chi connectivity index (χ2n) is 4.24. The minimum Gasteiger partial charge on any atom is -0.461 e. The number of ether oxygens (including phenoxy) is 4. The van der Waals surface area contributed by atoms with E-state index in [1.807, 2.05) is 14.1 Å². The first kappa shape index (κ1) is 17.3. The Morgan fingerprint density at radius 2 is 1.52 bits per heavy atom. The van der Waals surface area contributed by atoms with Gasteiger partial charge < -0.3 is 29.6 Å². The molecule has 21 heavy (non-hydrogen) atoms. The molecule has 0 aromatic carbocycles. The monoisotopic (exact) mass is 301 g/mol. The summed E-state index contributed by atoms with van der Waals surface area (Å²) in [6.07, 6.45) is 0. The lowest BCUT2D eigenvalue weighted by atomic mass is 10.7. The van der Waals surface area contributed by atoms with E-state index in [2.05, 4.69) is 15.0 Å². The van der Waals surface area contributed by atoms with Crippen LogP contribution >= 0.6 is 0 Å². The van der Waals surface area contributed by atoms with Gasteiger partial charge in [-0.15, -0.1) is 0 Å². The molecule has 0 radical (unpaired) electrons. The Balaban J connectivity index is 2.15. The molecule has 0 bridgehead atoms. The zero-order valence-electron chi connectivity index (χ0n) is 12.7. The van der Waals surface area contributed by atoms with E-state index < -0.39 is 0 Å². The van der Waals surface area contributed by atoms with Gasteiger partial charge in [0.2, 0.25) is 11.9 Å². The molecule has 0 saturated carbocycles. The van der Waals surface area contributed by atoms with Crippen molar-refractivity contribution in [1.29, 1.82) is 0 Å². The molecule has 0 aliphatic heterocycles. The van der Waals surface area contributed by atoms with Gasteiger partial charge in [0.05, 0.1) is 33.0 Å². The molecule has 0 aliphatic rings. The third kappa shape index (κ3) is 7.59.